The number of thioether (sulfide) groups is 1. The molecule has 0 bridgehead atoms. The lowest BCUT2D eigenvalue weighted by Gasteiger charge is -2.22. The molecule has 3 aliphatic rings. The zero-order valence-electron chi connectivity index (χ0n) is 20.8. The van der Waals surface area contributed by atoms with Crippen molar-refractivity contribution in [2.45, 2.75) is 81.2 Å². The van der Waals surface area contributed by atoms with Crippen LogP contribution in [0.15, 0.2) is 29.4 Å². The number of carbonyl (C=O) groups is 1. The predicted molar refractivity (Wildman–Crippen MR) is 139 cm³/mol. The molecular formula is C25H29ClN6O4S. The Bertz CT molecular complexity index is 1330. The van der Waals surface area contributed by atoms with Crippen molar-refractivity contribution in [1.29, 1.82) is 0 Å². The van der Waals surface area contributed by atoms with Crippen LogP contribution in [0.5, 0.6) is 0 Å². The van der Waals surface area contributed by atoms with Gasteiger partial charge in [-0.1, -0.05) is 47.6 Å². The van der Waals surface area contributed by atoms with Crippen LogP contribution in [-0.4, -0.2) is 65.8 Å². The number of benzene rings is 1. The molecule has 0 radical (unpaired) electrons. The Kier molecular flexibility index (Phi) is 6.29. The highest BCUT2D eigenvalue weighted by atomic mass is 35.5. The van der Waals surface area contributed by atoms with Gasteiger partial charge in [0, 0.05) is 22.7 Å². The Labute approximate surface area is 223 Å². The molecule has 1 saturated heterocycles. The molecule has 1 aliphatic heterocycles. The van der Waals surface area contributed by atoms with E-state index in [1.54, 1.807) is 30.3 Å². The zero-order valence-corrected chi connectivity index (χ0v) is 22.4. The van der Waals surface area contributed by atoms with Gasteiger partial charge in [-0.2, -0.15) is 0 Å². The monoisotopic (exact) mass is 544 g/mol. The van der Waals surface area contributed by atoms with Crippen molar-refractivity contribution in [2.75, 3.05) is 11.1 Å². The quantitative estimate of drug-likeness (QED) is 0.309. The highest BCUT2D eigenvalue weighted by Crippen LogP contribution is 2.48. The largest absolute Gasteiger partial charge is 0.481 e. The summed E-state index contributed by atoms with van der Waals surface area (Å²) in [5.74, 6) is -0.585. The highest BCUT2D eigenvalue weighted by Gasteiger charge is 2.57. The molecule has 0 spiro atoms. The third-order valence-electron chi connectivity index (χ3n) is 7.22. The number of hydrogen-bond donors (Lipinski definition) is 2. The SMILES string of the molecule is CCCSc1nc(N[C@@H]2C[C@H]2c2ccc(Cl)cc2)c2nnn([C@H]3C[C@@H](C(=O)O)[C@@H]4OC(C)(C)O[C@@H]43)c2n1. The van der Waals surface area contributed by atoms with Crippen LogP contribution in [0.3, 0.4) is 0 Å². The van der Waals surface area contributed by atoms with Gasteiger partial charge in [0.15, 0.2) is 27.9 Å². The van der Waals surface area contributed by atoms with Gasteiger partial charge in [0.2, 0.25) is 0 Å². The molecule has 0 unspecified atom stereocenters. The average molecular weight is 545 g/mol. The molecule has 3 aromatic rings. The first-order valence-corrected chi connectivity index (χ1v) is 14.0. The molecule has 37 heavy (non-hydrogen) atoms. The minimum absolute atomic E-state index is 0.216. The summed E-state index contributed by atoms with van der Waals surface area (Å²) >= 11 is 7.64. The number of nitrogens with zero attached hydrogens (tertiary/aromatic N) is 5. The number of aliphatic carboxylic acids is 1. The number of fused-ring (bicyclic) bond motifs is 2. The molecule has 10 nitrogen and oxygen atoms in total. The minimum atomic E-state index is -0.902. The molecule has 3 heterocycles. The molecule has 12 heteroatoms. The van der Waals surface area contributed by atoms with Gasteiger partial charge in [-0.25, -0.2) is 14.6 Å². The van der Waals surface area contributed by atoms with Crippen LogP contribution in [0.2, 0.25) is 5.02 Å². The number of anilines is 1. The van der Waals surface area contributed by atoms with Crippen LogP contribution < -0.4 is 5.32 Å². The fraction of sp³-hybridized carbons (Fsp3) is 0.560. The molecule has 1 aromatic carbocycles. The standard InChI is InChI=1S/C25H29ClN6O4S/c1-4-9-37-24-28-21(27-16-10-14(16)12-5-7-13(26)8-6-12)18-22(29-24)32(31-30-18)17-11-15(23(33)34)19-20(17)36-25(2,3)35-19/h5-8,14-17,19-20H,4,9-11H2,1-3H3,(H,33,34)(H,27,28,29)/t14-,15+,16+,17-,19-,20+/m0/s1. The molecule has 2 aromatic heterocycles. The van der Waals surface area contributed by atoms with E-state index < -0.39 is 29.9 Å². The Morgan fingerprint density at radius 3 is 2.70 bits per heavy atom. The van der Waals surface area contributed by atoms with E-state index in [1.165, 1.54) is 5.56 Å². The molecule has 6 rings (SSSR count). The second kappa shape index (κ2) is 9.37. The first-order chi connectivity index (χ1) is 17.7. The van der Waals surface area contributed by atoms with E-state index in [9.17, 15) is 9.90 Å². The van der Waals surface area contributed by atoms with Crippen LogP contribution >= 0.6 is 23.4 Å². The maximum absolute atomic E-state index is 12.0. The average Bonchev–Trinajstić information content (AvgIpc) is 3.17. The third-order valence-corrected chi connectivity index (χ3v) is 8.52. The lowest BCUT2D eigenvalue weighted by molar-refractivity contribution is -0.168. The van der Waals surface area contributed by atoms with E-state index in [4.69, 9.17) is 31.0 Å². The Morgan fingerprint density at radius 1 is 1.22 bits per heavy atom. The van der Waals surface area contributed by atoms with E-state index in [2.05, 4.69) is 34.7 Å². The fourth-order valence-corrected chi connectivity index (χ4v) is 6.25. The summed E-state index contributed by atoms with van der Waals surface area (Å²) in [7, 11) is 0. The normalized spacial score (nSPS) is 29.9. The molecular weight excluding hydrogens is 516 g/mol. The van der Waals surface area contributed by atoms with Gasteiger partial charge in [-0.05, 0) is 50.8 Å². The first-order valence-electron chi connectivity index (χ1n) is 12.6. The van der Waals surface area contributed by atoms with Crippen molar-refractivity contribution < 1.29 is 19.4 Å². The minimum Gasteiger partial charge on any atom is -0.481 e. The number of carboxylic acid groups (broad SMARTS) is 1. The van der Waals surface area contributed by atoms with Gasteiger partial charge in [0.05, 0.1) is 12.0 Å². The summed E-state index contributed by atoms with van der Waals surface area (Å²) < 4.78 is 13.9. The zero-order chi connectivity index (χ0) is 25.9. The van der Waals surface area contributed by atoms with Crippen LogP contribution in [0.25, 0.3) is 11.2 Å². The number of hydrogen-bond acceptors (Lipinski definition) is 9. The molecule has 6 atom stereocenters. The second-order valence-electron chi connectivity index (χ2n) is 10.4. The van der Waals surface area contributed by atoms with Gasteiger partial charge in [-0.15, -0.1) is 5.10 Å². The van der Waals surface area contributed by atoms with Gasteiger partial charge < -0.3 is 19.9 Å². The number of ether oxygens (including phenoxy) is 2. The number of nitrogens with one attached hydrogen (secondary N) is 1. The van der Waals surface area contributed by atoms with E-state index in [0.29, 0.717) is 34.5 Å². The highest BCUT2D eigenvalue weighted by molar-refractivity contribution is 7.99. The van der Waals surface area contributed by atoms with Crippen LogP contribution in [0.4, 0.5) is 5.82 Å². The molecule has 2 N–H and O–H groups in total. The predicted octanol–water partition coefficient (Wildman–Crippen LogP) is 4.51. The van der Waals surface area contributed by atoms with Crippen molar-refractivity contribution in [3.8, 4) is 0 Å². The fourth-order valence-electron chi connectivity index (χ4n) is 5.44. The van der Waals surface area contributed by atoms with Gasteiger partial charge in [0.25, 0.3) is 0 Å². The van der Waals surface area contributed by atoms with Crippen LogP contribution in [-0.2, 0) is 14.3 Å². The van der Waals surface area contributed by atoms with Crippen molar-refractivity contribution in [2.24, 2.45) is 5.92 Å². The van der Waals surface area contributed by atoms with Crippen molar-refractivity contribution in [3.05, 3.63) is 34.9 Å². The van der Waals surface area contributed by atoms with Gasteiger partial charge >= 0.3 is 5.97 Å². The van der Waals surface area contributed by atoms with Crippen LogP contribution in [0, 0.1) is 5.92 Å². The number of aromatic nitrogens is 5. The lowest BCUT2D eigenvalue weighted by atomic mass is 10.1. The second-order valence-corrected chi connectivity index (χ2v) is 11.9. The molecule has 3 fully saturated rings. The van der Waals surface area contributed by atoms with Crippen LogP contribution in [0.1, 0.15) is 57.6 Å². The van der Waals surface area contributed by atoms with E-state index >= 15 is 0 Å². The molecule has 2 saturated carbocycles. The molecule has 0 amide bonds. The maximum Gasteiger partial charge on any atom is 0.309 e. The molecule has 196 valence electrons. The summed E-state index contributed by atoms with van der Waals surface area (Å²) in [5.41, 5.74) is 2.37. The van der Waals surface area contributed by atoms with E-state index in [1.807, 2.05) is 12.1 Å². The first kappa shape index (κ1) is 24.8. The molecule has 2 aliphatic carbocycles. The van der Waals surface area contributed by atoms with E-state index in [-0.39, 0.29) is 12.1 Å². The van der Waals surface area contributed by atoms with Crippen molar-refractivity contribution in [3.63, 3.8) is 0 Å². The summed E-state index contributed by atoms with van der Waals surface area (Å²) in [4.78, 5) is 21.6. The summed E-state index contributed by atoms with van der Waals surface area (Å²) in [6.45, 7) is 5.72. The van der Waals surface area contributed by atoms with Crippen molar-refractivity contribution in [1.82, 2.24) is 25.0 Å². The third kappa shape index (κ3) is 4.67. The summed E-state index contributed by atoms with van der Waals surface area (Å²) in [5, 5.41) is 23.7. The van der Waals surface area contributed by atoms with Gasteiger partial charge in [-0.3, -0.25) is 4.79 Å². The topological polar surface area (TPSA) is 124 Å². The Morgan fingerprint density at radius 2 is 1.97 bits per heavy atom. The Balaban J connectivity index is 1.33. The van der Waals surface area contributed by atoms with E-state index in [0.717, 1.165) is 23.6 Å². The Hall–Kier alpha value is -2.47. The lowest BCUT2D eigenvalue weighted by Crippen LogP contribution is -2.30. The number of carboxylic acids is 1. The smallest absolute Gasteiger partial charge is 0.309 e. The van der Waals surface area contributed by atoms with Crippen molar-refractivity contribution >= 4 is 46.3 Å². The van der Waals surface area contributed by atoms with Gasteiger partial charge in [0.1, 0.15) is 12.2 Å². The number of halogens is 1. The summed E-state index contributed by atoms with van der Waals surface area (Å²) in [6.07, 6.45) is 1.27. The maximum atomic E-state index is 12.0. The summed E-state index contributed by atoms with van der Waals surface area (Å²) in [6, 6.07) is 7.79. The number of rotatable bonds is 8.